The van der Waals surface area contributed by atoms with Gasteiger partial charge in [-0.2, -0.15) is 5.10 Å². The van der Waals surface area contributed by atoms with Gasteiger partial charge in [-0.25, -0.2) is 4.98 Å². The molecule has 0 bridgehead atoms. The van der Waals surface area contributed by atoms with E-state index in [4.69, 9.17) is 10.5 Å². The Morgan fingerprint density at radius 1 is 1.06 bits per heavy atom. The van der Waals surface area contributed by atoms with Gasteiger partial charge in [0.15, 0.2) is 11.6 Å². The van der Waals surface area contributed by atoms with Gasteiger partial charge >= 0.3 is 0 Å². The third-order valence-corrected chi connectivity index (χ3v) is 5.99. The molecule has 176 valence electrons. The summed E-state index contributed by atoms with van der Waals surface area (Å²) in [4.78, 5) is 17.2. The van der Waals surface area contributed by atoms with Crippen LogP contribution >= 0.6 is 0 Å². The van der Waals surface area contributed by atoms with Gasteiger partial charge in [0.25, 0.3) is 5.91 Å². The molecular formula is C27H26N6O2. The number of aryl methyl sites for hydroxylation is 2. The number of hydrogen-bond acceptors (Lipinski definition) is 5. The topological polar surface area (TPSA) is 100.0 Å². The molecule has 5 aromatic rings. The summed E-state index contributed by atoms with van der Waals surface area (Å²) in [6.45, 7) is 1.93. The number of rotatable bonds is 6. The summed E-state index contributed by atoms with van der Waals surface area (Å²) in [5.41, 5.74) is 11.1. The third kappa shape index (κ3) is 4.59. The van der Waals surface area contributed by atoms with E-state index in [2.05, 4.69) is 15.4 Å². The average Bonchev–Trinajstić information content (AvgIpc) is 3.46. The third-order valence-electron chi connectivity index (χ3n) is 5.99. The Bertz CT molecular complexity index is 1530. The molecule has 0 unspecified atom stereocenters. The predicted molar refractivity (Wildman–Crippen MR) is 137 cm³/mol. The second kappa shape index (κ2) is 8.98. The van der Waals surface area contributed by atoms with E-state index in [9.17, 15) is 4.79 Å². The number of pyridine rings is 1. The molecule has 8 heteroatoms. The second-order valence-corrected chi connectivity index (χ2v) is 8.55. The summed E-state index contributed by atoms with van der Waals surface area (Å²) in [6, 6.07) is 17.2. The minimum Gasteiger partial charge on any atom is -0.482 e. The summed E-state index contributed by atoms with van der Waals surface area (Å²) in [7, 11) is 3.82. The highest BCUT2D eigenvalue weighted by Crippen LogP contribution is 2.31. The molecule has 0 saturated heterocycles. The van der Waals surface area contributed by atoms with Gasteiger partial charge in [-0.1, -0.05) is 18.2 Å². The maximum absolute atomic E-state index is 12.9. The lowest BCUT2D eigenvalue weighted by Crippen LogP contribution is -2.13. The van der Waals surface area contributed by atoms with Crippen molar-refractivity contribution in [2.24, 2.45) is 14.1 Å². The Morgan fingerprint density at radius 3 is 2.71 bits per heavy atom. The minimum absolute atomic E-state index is 0.170. The molecule has 3 heterocycles. The first-order chi connectivity index (χ1) is 16.9. The average molecular weight is 467 g/mol. The van der Waals surface area contributed by atoms with Crippen molar-refractivity contribution in [2.75, 3.05) is 11.1 Å². The molecule has 0 radical (unpaired) electrons. The lowest BCUT2D eigenvalue weighted by molar-refractivity contribution is 0.102. The highest BCUT2D eigenvalue weighted by atomic mass is 16.5. The summed E-state index contributed by atoms with van der Waals surface area (Å²) in [5, 5.41) is 8.29. The molecule has 3 aromatic heterocycles. The highest BCUT2D eigenvalue weighted by molar-refractivity contribution is 6.06. The van der Waals surface area contributed by atoms with Crippen LogP contribution in [0.1, 0.15) is 28.9 Å². The van der Waals surface area contributed by atoms with Crippen LogP contribution < -0.4 is 15.8 Å². The number of fused-ring (bicyclic) bond motifs is 1. The van der Waals surface area contributed by atoms with Crippen LogP contribution in [0.5, 0.6) is 5.75 Å². The van der Waals surface area contributed by atoms with E-state index in [1.165, 1.54) is 0 Å². The number of nitrogens with one attached hydrogen (secondary N) is 1. The fourth-order valence-electron chi connectivity index (χ4n) is 4.01. The quantitative estimate of drug-likeness (QED) is 0.369. The van der Waals surface area contributed by atoms with Gasteiger partial charge in [0.2, 0.25) is 0 Å². The molecule has 0 aliphatic rings. The zero-order valence-electron chi connectivity index (χ0n) is 19.8. The van der Waals surface area contributed by atoms with Crippen LogP contribution in [0.25, 0.3) is 22.0 Å². The summed E-state index contributed by atoms with van der Waals surface area (Å²) < 4.78 is 9.89. The molecule has 0 spiro atoms. The van der Waals surface area contributed by atoms with Gasteiger partial charge in [0.1, 0.15) is 6.10 Å². The normalized spacial score (nSPS) is 12.0. The standard InChI is InChI=1S/C27H26N6O2/c1-17(35-25-13-21(14-29-26(25)28)22-15-30-33(3)16-22)19-5-4-6-23(11-19)31-27(34)20-8-7-18-9-10-32(2)24(18)12-20/h4-17H,1-3H3,(H2,28,29)(H,31,34)/t17-/m1/s1. The fourth-order valence-corrected chi connectivity index (χ4v) is 4.01. The van der Waals surface area contributed by atoms with Crippen LogP contribution in [-0.4, -0.2) is 25.2 Å². The van der Waals surface area contributed by atoms with Crippen LogP contribution in [0.3, 0.4) is 0 Å². The predicted octanol–water partition coefficient (Wildman–Crippen LogP) is 4.95. The van der Waals surface area contributed by atoms with E-state index >= 15 is 0 Å². The van der Waals surface area contributed by atoms with Crippen molar-refractivity contribution < 1.29 is 9.53 Å². The van der Waals surface area contributed by atoms with Crippen LogP contribution in [0.15, 0.2) is 79.4 Å². The van der Waals surface area contributed by atoms with Gasteiger partial charge < -0.3 is 20.4 Å². The van der Waals surface area contributed by atoms with E-state index in [1.807, 2.05) is 92.6 Å². The molecule has 3 N–H and O–H groups in total. The van der Waals surface area contributed by atoms with Crippen molar-refractivity contribution in [3.8, 4) is 16.9 Å². The van der Waals surface area contributed by atoms with Crippen LogP contribution in [0.2, 0.25) is 0 Å². The Hall–Kier alpha value is -4.59. The molecule has 5 rings (SSSR count). The van der Waals surface area contributed by atoms with Crippen molar-refractivity contribution in [1.29, 1.82) is 0 Å². The first-order valence-electron chi connectivity index (χ1n) is 11.2. The second-order valence-electron chi connectivity index (χ2n) is 8.55. The number of anilines is 2. The van der Waals surface area contributed by atoms with Crippen LogP contribution in [-0.2, 0) is 14.1 Å². The van der Waals surface area contributed by atoms with Gasteiger partial charge in [0, 0.05) is 60.6 Å². The van der Waals surface area contributed by atoms with E-state index < -0.39 is 0 Å². The molecule has 0 aliphatic carbocycles. The van der Waals surface area contributed by atoms with Crippen molar-refractivity contribution in [2.45, 2.75) is 13.0 Å². The molecule has 1 amide bonds. The van der Waals surface area contributed by atoms with Crippen molar-refractivity contribution in [1.82, 2.24) is 19.3 Å². The summed E-state index contributed by atoms with van der Waals surface area (Å²) in [6.07, 6.45) is 7.03. The van der Waals surface area contributed by atoms with E-state index in [0.717, 1.165) is 27.6 Å². The SMILES string of the molecule is C[C@@H](Oc1cc(-c2cnn(C)c2)cnc1N)c1cccc(NC(=O)c2ccc3ccn(C)c3c2)c1. The van der Waals surface area contributed by atoms with Gasteiger partial charge in [0.05, 0.1) is 6.20 Å². The summed E-state index contributed by atoms with van der Waals surface area (Å²) in [5.74, 6) is 0.630. The lowest BCUT2D eigenvalue weighted by Gasteiger charge is -2.17. The zero-order chi connectivity index (χ0) is 24.5. The Labute approximate surface area is 203 Å². The molecule has 0 aliphatic heterocycles. The highest BCUT2D eigenvalue weighted by Gasteiger charge is 2.14. The van der Waals surface area contributed by atoms with Crippen LogP contribution in [0, 0.1) is 0 Å². The number of carbonyl (C=O) groups excluding carboxylic acids is 1. The zero-order valence-corrected chi connectivity index (χ0v) is 19.8. The maximum Gasteiger partial charge on any atom is 0.255 e. The molecule has 8 nitrogen and oxygen atoms in total. The lowest BCUT2D eigenvalue weighted by atomic mass is 10.1. The number of nitrogens with two attached hydrogens (primary N) is 1. The number of aromatic nitrogens is 4. The first-order valence-corrected chi connectivity index (χ1v) is 11.2. The molecule has 1 atom stereocenters. The smallest absolute Gasteiger partial charge is 0.255 e. The number of nitrogen functional groups attached to an aromatic ring is 1. The van der Waals surface area contributed by atoms with Gasteiger partial charge in [-0.3, -0.25) is 9.48 Å². The number of amides is 1. The molecule has 0 saturated carbocycles. The van der Waals surface area contributed by atoms with E-state index in [-0.39, 0.29) is 12.0 Å². The number of benzene rings is 2. The Balaban J connectivity index is 1.33. The Morgan fingerprint density at radius 2 is 1.91 bits per heavy atom. The first kappa shape index (κ1) is 22.2. The number of nitrogens with zero attached hydrogens (tertiary/aromatic N) is 4. The Kier molecular flexibility index (Phi) is 5.70. The molecule has 0 fully saturated rings. The molecule has 2 aromatic carbocycles. The van der Waals surface area contributed by atoms with E-state index in [1.54, 1.807) is 17.1 Å². The van der Waals surface area contributed by atoms with Crippen molar-refractivity contribution >= 4 is 28.3 Å². The van der Waals surface area contributed by atoms with Crippen LogP contribution in [0.4, 0.5) is 11.5 Å². The van der Waals surface area contributed by atoms with Gasteiger partial charge in [-0.15, -0.1) is 0 Å². The fraction of sp³-hybridized carbons (Fsp3) is 0.148. The van der Waals surface area contributed by atoms with Gasteiger partial charge in [-0.05, 0) is 54.3 Å². The number of ether oxygens (including phenoxy) is 1. The number of carbonyl (C=O) groups is 1. The monoisotopic (exact) mass is 466 g/mol. The van der Waals surface area contributed by atoms with E-state index in [0.29, 0.717) is 22.8 Å². The number of hydrogen-bond donors (Lipinski definition) is 2. The molecular weight excluding hydrogens is 440 g/mol. The van der Waals surface area contributed by atoms with Crippen molar-refractivity contribution in [3.63, 3.8) is 0 Å². The largest absolute Gasteiger partial charge is 0.482 e. The molecule has 35 heavy (non-hydrogen) atoms. The summed E-state index contributed by atoms with van der Waals surface area (Å²) >= 11 is 0. The van der Waals surface area contributed by atoms with Crippen molar-refractivity contribution in [3.05, 3.63) is 90.5 Å². The maximum atomic E-state index is 12.9. The minimum atomic E-state index is -0.320.